The maximum Gasteiger partial charge on any atom is 0.222 e. The van der Waals surface area contributed by atoms with Crippen molar-refractivity contribution in [1.29, 1.82) is 0 Å². The Morgan fingerprint density at radius 3 is 2.56 bits per heavy atom. The molecule has 2 aromatic rings. The molecule has 1 aliphatic heterocycles. The fourth-order valence-corrected chi connectivity index (χ4v) is 4.11. The summed E-state index contributed by atoms with van der Waals surface area (Å²) in [4.78, 5) is 16.7. The number of anilines is 1. The second kappa shape index (κ2) is 6.77. The Hall–Kier alpha value is -2.18. The lowest BCUT2D eigenvalue weighted by Gasteiger charge is -2.44. The van der Waals surface area contributed by atoms with E-state index < -0.39 is 0 Å². The Morgan fingerprint density at radius 2 is 1.89 bits per heavy atom. The third-order valence-electron chi connectivity index (χ3n) is 5.98. The summed E-state index contributed by atoms with van der Waals surface area (Å²) in [6.07, 6.45) is 5.72. The van der Waals surface area contributed by atoms with Gasteiger partial charge in [-0.25, -0.2) is 0 Å². The fourth-order valence-electron chi connectivity index (χ4n) is 4.11. The quantitative estimate of drug-likeness (QED) is 0.828. The molecule has 0 unspecified atom stereocenters. The van der Waals surface area contributed by atoms with Crippen LogP contribution in [0.25, 0.3) is 5.65 Å². The Bertz CT molecular complexity index is 827. The minimum atomic E-state index is -0.116. The van der Waals surface area contributed by atoms with Gasteiger partial charge in [-0.2, -0.15) is 4.52 Å². The first-order valence-corrected chi connectivity index (χ1v) is 10.1. The van der Waals surface area contributed by atoms with Crippen LogP contribution in [0.3, 0.4) is 0 Å². The number of carbonyl (C=O) groups excluding carboxylic acids is 1. The van der Waals surface area contributed by atoms with Gasteiger partial charge in [0, 0.05) is 32.0 Å². The Balaban J connectivity index is 1.40. The van der Waals surface area contributed by atoms with Crippen LogP contribution in [0.15, 0.2) is 12.1 Å². The first-order chi connectivity index (χ1) is 12.8. The third kappa shape index (κ3) is 3.51. The molecule has 1 amide bonds. The smallest absolute Gasteiger partial charge is 0.222 e. The topological polar surface area (TPSA) is 66.6 Å². The molecule has 4 rings (SSSR count). The van der Waals surface area contributed by atoms with Crippen LogP contribution in [0.2, 0.25) is 0 Å². The molecule has 7 heteroatoms. The predicted octanol–water partition coefficient (Wildman–Crippen LogP) is 2.65. The van der Waals surface area contributed by atoms with Gasteiger partial charge in [0.2, 0.25) is 5.91 Å². The average molecular weight is 371 g/mol. The summed E-state index contributed by atoms with van der Waals surface area (Å²) >= 11 is 0. The van der Waals surface area contributed by atoms with Gasteiger partial charge in [-0.15, -0.1) is 15.3 Å². The summed E-state index contributed by atoms with van der Waals surface area (Å²) in [6, 6.07) is 4.24. The van der Waals surface area contributed by atoms with Gasteiger partial charge in [-0.1, -0.05) is 33.6 Å². The number of likely N-dealkylation sites (N-methyl/N-ethyl adjacent to an activating group) is 1. The Kier molecular flexibility index (Phi) is 4.56. The van der Waals surface area contributed by atoms with Crippen molar-refractivity contribution in [3.8, 4) is 0 Å². The summed E-state index contributed by atoms with van der Waals surface area (Å²) in [5.41, 5.74) is 0.652. The Labute approximate surface area is 160 Å². The number of fused-ring (bicyclic) bond motifs is 1. The third-order valence-corrected chi connectivity index (χ3v) is 5.98. The first kappa shape index (κ1) is 18.2. The molecule has 2 aliphatic rings. The van der Waals surface area contributed by atoms with Crippen molar-refractivity contribution in [2.75, 3.05) is 25.0 Å². The van der Waals surface area contributed by atoms with Gasteiger partial charge in [-0.3, -0.25) is 4.79 Å². The van der Waals surface area contributed by atoms with Crippen LogP contribution in [0, 0.1) is 5.92 Å². The minimum absolute atomic E-state index is 0.116. The standard InChI is InChI=1S/C20H30N6O/c1-20(2,3)19-22-21-16-9-10-17(23-26(16)19)25-12-15(13-25)24(4)18(27)11-14-7-5-6-8-14/h9-10,14-15H,5-8,11-13H2,1-4H3. The van der Waals surface area contributed by atoms with Crippen molar-refractivity contribution >= 4 is 17.4 Å². The van der Waals surface area contributed by atoms with Gasteiger partial charge in [0.25, 0.3) is 0 Å². The molecule has 27 heavy (non-hydrogen) atoms. The van der Waals surface area contributed by atoms with E-state index in [4.69, 9.17) is 5.10 Å². The predicted molar refractivity (Wildman–Crippen MR) is 105 cm³/mol. The summed E-state index contributed by atoms with van der Waals surface area (Å²) in [6.45, 7) is 8.00. The molecular formula is C20H30N6O. The summed E-state index contributed by atoms with van der Waals surface area (Å²) in [7, 11) is 1.95. The Morgan fingerprint density at radius 1 is 1.19 bits per heavy atom. The number of aromatic nitrogens is 4. The molecule has 0 atom stereocenters. The van der Waals surface area contributed by atoms with Crippen molar-refractivity contribution in [2.45, 2.75) is 64.3 Å². The van der Waals surface area contributed by atoms with E-state index in [9.17, 15) is 4.79 Å². The molecule has 1 aliphatic carbocycles. The second-order valence-corrected chi connectivity index (χ2v) is 9.15. The average Bonchev–Trinajstić information content (AvgIpc) is 3.21. The van der Waals surface area contributed by atoms with Crippen LogP contribution in [0.5, 0.6) is 0 Å². The lowest BCUT2D eigenvalue weighted by atomic mass is 9.96. The highest BCUT2D eigenvalue weighted by atomic mass is 16.2. The van der Waals surface area contributed by atoms with Crippen molar-refractivity contribution in [3.63, 3.8) is 0 Å². The molecule has 1 saturated carbocycles. The molecule has 2 fully saturated rings. The molecule has 0 bridgehead atoms. The van der Waals surface area contributed by atoms with E-state index in [1.54, 1.807) is 0 Å². The van der Waals surface area contributed by atoms with E-state index in [1.807, 2.05) is 28.6 Å². The maximum atomic E-state index is 12.5. The zero-order chi connectivity index (χ0) is 19.2. The molecule has 0 radical (unpaired) electrons. The van der Waals surface area contributed by atoms with Crippen LogP contribution in [0.1, 0.15) is 58.7 Å². The van der Waals surface area contributed by atoms with E-state index in [0.717, 1.165) is 30.4 Å². The maximum absolute atomic E-state index is 12.5. The molecule has 2 aromatic heterocycles. The van der Waals surface area contributed by atoms with E-state index in [2.05, 4.69) is 35.9 Å². The van der Waals surface area contributed by atoms with E-state index in [0.29, 0.717) is 18.2 Å². The normalized spacial score (nSPS) is 18.9. The number of hydrogen-bond donors (Lipinski definition) is 0. The van der Waals surface area contributed by atoms with Gasteiger partial charge in [0.1, 0.15) is 5.82 Å². The highest BCUT2D eigenvalue weighted by molar-refractivity contribution is 5.77. The molecule has 0 spiro atoms. The SMILES string of the molecule is CN(C(=O)CC1CCCC1)C1CN(c2ccc3nnc(C(C)(C)C)n3n2)C1. The van der Waals surface area contributed by atoms with Gasteiger partial charge in [-0.05, 0) is 30.9 Å². The van der Waals surface area contributed by atoms with E-state index >= 15 is 0 Å². The largest absolute Gasteiger partial charge is 0.351 e. The van der Waals surface area contributed by atoms with Gasteiger partial charge in [0.05, 0.1) is 6.04 Å². The number of nitrogens with zero attached hydrogens (tertiary/aromatic N) is 6. The molecule has 146 valence electrons. The molecular weight excluding hydrogens is 340 g/mol. The molecule has 7 nitrogen and oxygen atoms in total. The molecule has 1 saturated heterocycles. The number of amides is 1. The van der Waals surface area contributed by atoms with Gasteiger partial charge < -0.3 is 9.80 Å². The monoisotopic (exact) mass is 370 g/mol. The van der Waals surface area contributed by atoms with Crippen LogP contribution in [0.4, 0.5) is 5.82 Å². The number of carbonyl (C=O) groups is 1. The second-order valence-electron chi connectivity index (χ2n) is 9.15. The number of hydrogen-bond acceptors (Lipinski definition) is 5. The first-order valence-electron chi connectivity index (χ1n) is 10.1. The number of rotatable bonds is 4. The van der Waals surface area contributed by atoms with Crippen molar-refractivity contribution < 1.29 is 4.79 Å². The zero-order valence-electron chi connectivity index (χ0n) is 16.9. The molecule has 0 aromatic carbocycles. The lowest BCUT2D eigenvalue weighted by Crippen LogP contribution is -2.60. The van der Waals surface area contributed by atoms with E-state index in [1.165, 1.54) is 25.7 Å². The van der Waals surface area contributed by atoms with Gasteiger partial charge in [0.15, 0.2) is 11.5 Å². The summed E-state index contributed by atoms with van der Waals surface area (Å²) in [5.74, 6) is 2.68. The van der Waals surface area contributed by atoms with Crippen LogP contribution in [-0.4, -0.2) is 56.8 Å². The highest BCUT2D eigenvalue weighted by Crippen LogP contribution is 2.29. The van der Waals surface area contributed by atoms with E-state index in [-0.39, 0.29) is 11.5 Å². The molecule has 3 heterocycles. The van der Waals surface area contributed by atoms with Crippen LogP contribution >= 0.6 is 0 Å². The fraction of sp³-hybridized carbons (Fsp3) is 0.700. The lowest BCUT2D eigenvalue weighted by molar-refractivity contribution is -0.133. The van der Waals surface area contributed by atoms with Crippen LogP contribution in [-0.2, 0) is 10.2 Å². The summed E-state index contributed by atoms with van der Waals surface area (Å²) < 4.78 is 1.84. The van der Waals surface area contributed by atoms with Crippen LogP contribution < -0.4 is 4.90 Å². The summed E-state index contributed by atoms with van der Waals surface area (Å²) in [5, 5.41) is 13.3. The minimum Gasteiger partial charge on any atom is -0.351 e. The highest BCUT2D eigenvalue weighted by Gasteiger charge is 2.34. The van der Waals surface area contributed by atoms with Crippen molar-refractivity contribution in [3.05, 3.63) is 18.0 Å². The van der Waals surface area contributed by atoms with Gasteiger partial charge >= 0.3 is 0 Å². The zero-order valence-corrected chi connectivity index (χ0v) is 16.9. The molecule has 0 N–H and O–H groups in total. The van der Waals surface area contributed by atoms with Crippen molar-refractivity contribution in [2.24, 2.45) is 5.92 Å². The van der Waals surface area contributed by atoms with Crippen molar-refractivity contribution in [1.82, 2.24) is 24.7 Å².